The van der Waals surface area contributed by atoms with E-state index in [0.717, 1.165) is 0 Å². The molecule has 0 bridgehead atoms. The fraction of sp³-hybridized carbons (Fsp3) is 0. The zero-order chi connectivity index (χ0) is 29.2. The first-order valence-corrected chi connectivity index (χ1v) is 19.3. The Morgan fingerprint density at radius 3 is 0.622 bits per heavy atom. The molecule has 0 unspecified atom stereocenters. The Morgan fingerprint density at radius 1 is 0.267 bits per heavy atom. The molecule has 5 heteroatoms. The molecule has 11 rings (SSSR count). The van der Waals surface area contributed by atoms with Gasteiger partial charge in [-0.2, -0.15) is 0 Å². The average Bonchev–Trinajstić information content (AvgIpc) is 3.92. The molecule has 0 nitrogen and oxygen atoms in total. The van der Waals surface area contributed by atoms with Crippen molar-refractivity contribution >= 4 is 111 Å². The van der Waals surface area contributed by atoms with Crippen LogP contribution < -0.4 is 0 Å². The van der Waals surface area contributed by atoms with Crippen molar-refractivity contribution in [3.05, 3.63) is 118 Å². The first kappa shape index (κ1) is 25.1. The van der Waals surface area contributed by atoms with Crippen LogP contribution in [0.5, 0.6) is 0 Å². The minimum atomic E-state index is 1.33. The summed E-state index contributed by atoms with van der Waals surface area (Å²) in [6, 6.07) is 35.0. The summed E-state index contributed by atoms with van der Waals surface area (Å²) < 4.78 is 0. The molecular formula is C40H20S5. The van der Waals surface area contributed by atoms with E-state index in [0.29, 0.717) is 0 Å². The Hall–Kier alpha value is -4.10. The minimum Gasteiger partial charge on any atom is -0.144 e. The zero-order valence-corrected chi connectivity index (χ0v) is 27.7. The lowest BCUT2D eigenvalue weighted by atomic mass is 9.89. The van der Waals surface area contributed by atoms with Crippen LogP contribution in [0.15, 0.2) is 118 Å². The van der Waals surface area contributed by atoms with Gasteiger partial charge in [-0.25, -0.2) is 0 Å². The molecule has 6 aromatic carbocycles. The summed E-state index contributed by atoms with van der Waals surface area (Å²) in [5.41, 5.74) is 6.70. The van der Waals surface area contributed by atoms with Crippen LogP contribution in [-0.2, 0) is 0 Å². The second-order valence-corrected chi connectivity index (χ2v) is 16.4. The van der Waals surface area contributed by atoms with Gasteiger partial charge in [-0.05, 0) is 141 Å². The van der Waals surface area contributed by atoms with Crippen molar-refractivity contribution < 1.29 is 0 Å². The molecule has 0 saturated carbocycles. The standard InChI is InChI=1S/C40H20S5/c1-6-31(41-11-1)21-16-27-23(33-8-3-13-43-33)18-29-25(35-10-5-15-45-35)20-30-24(34-9-4-14-44-34)19-28-22(32-7-2-12-42-32)17-26(21)36-37(27)39(29)40(30)38(28)36/h1-20H. The van der Waals surface area contributed by atoms with Crippen LogP contribution in [0, 0.1) is 0 Å². The minimum absolute atomic E-state index is 1.33. The molecule has 5 heterocycles. The van der Waals surface area contributed by atoms with Crippen molar-refractivity contribution in [3.63, 3.8) is 0 Å². The van der Waals surface area contributed by atoms with Crippen molar-refractivity contribution in [3.8, 4) is 52.2 Å². The Balaban J connectivity index is 1.48. The number of hydrogen-bond donors (Lipinski definition) is 0. The Labute approximate surface area is 278 Å². The number of hydrogen-bond acceptors (Lipinski definition) is 5. The number of thiophene rings is 5. The van der Waals surface area contributed by atoms with Gasteiger partial charge >= 0.3 is 0 Å². The van der Waals surface area contributed by atoms with Crippen LogP contribution in [0.2, 0.25) is 0 Å². The lowest BCUT2D eigenvalue weighted by Gasteiger charge is -2.15. The third kappa shape index (κ3) is 3.34. The molecule has 5 aromatic heterocycles. The highest BCUT2D eigenvalue weighted by atomic mass is 32.1. The van der Waals surface area contributed by atoms with E-state index >= 15 is 0 Å². The van der Waals surface area contributed by atoms with E-state index in [1.807, 2.05) is 56.7 Å². The molecule has 0 aliphatic heterocycles. The van der Waals surface area contributed by atoms with E-state index in [-0.39, 0.29) is 0 Å². The normalized spacial score (nSPS) is 12.4. The van der Waals surface area contributed by atoms with Gasteiger partial charge in [-0.1, -0.05) is 30.3 Å². The maximum Gasteiger partial charge on any atom is 0.0349 e. The van der Waals surface area contributed by atoms with E-state index in [2.05, 4.69) is 118 Å². The summed E-state index contributed by atoms with van der Waals surface area (Å²) in [6.45, 7) is 0. The van der Waals surface area contributed by atoms with Gasteiger partial charge in [0.15, 0.2) is 0 Å². The predicted molar refractivity (Wildman–Crippen MR) is 204 cm³/mol. The maximum absolute atomic E-state index is 2.51. The van der Waals surface area contributed by atoms with E-state index in [9.17, 15) is 0 Å². The van der Waals surface area contributed by atoms with Gasteiger partial charge in [0, 0.05) is 52.2 Å². The van der Waals surface area contributed by atoms with E-state index in [4.69, 9.17) is 0 Å². The third-order valence-corrected chi connectivity index (χ3v) is 13.9. The molecule has 0 radical (unpaired) electrons. The van der Waals surface area contributed by atoms with Crippen molar-refractivity contribution in [2.45, 2.75) is 0 Å². The molecule has 0 aliphatic rings. The Bertz CT molecular complexity index is 2280. The Kier molecular flexibility index (Phi) is 5.15. The van der Waals surface area contributed by atoms with Gasteiger partial charge in [0.1, 0.15) is 0 Å². The Morgan fingerprint density at radius 2 is 0.467 bits per heavy atom. The second-order valence-electron chi connectivity index (χ2n) is 11.6. The monoisotopic (exact) mass is 660 g/mol. The fourth-order valence-electron chi connectivity index (χ4n) is 7.68. The predicted octanol–water partition coefficient (Wildman–Crippen LogP) is 14.4. The van der Waals surface area contributed by atoms with Gasteiger partial charge < -0.3 is 0 Å². The van der Waals surface area contributed by atoms with Crippen LogP contribution in [0.25, 0.3) is 106 Å². The first-order chi connectivity index (χ1) is 22.3. The number of benzene rings is 5. The van der Waals surface area contributed by atoms with Crippen molar-refractivity contribution in [1.82, 2.24) is 0 Å². The number of rotatable bonds is 5. The molecular weight excluding hydrogens is 641 g/mol. The molecule has 45 heavy (non-hydrogen) atoms. The lowest BCUT2D eigenvalue weighted by molar-refractivity contribution is 1.81. The molecule has 0 N–H and O–H groups in total. The molecule has 0 saturated heterocycles. The smallest absolute Gasteiger partial charge is 0.0349 e. The molecule has 0 amide bonds. The van der Waals surface area contributed by atoms with Crippen LogP contribution in [0.4, 0.5) is 0 Å². The highest BCUT2D eigenvalue weighted by molar-refractivity contribution is 7.15. The van der Waals surface area contributed by atoms with Gasteiger partial charge in [-0.15, -0.1) is 56.7 Å². The largest absolute Gasteiger partial charge is 0.144 e. The molecule has 0 spiro atoms. The summed E-state index contributed by atoms with van der Waals surface area (Å²) in [5.74, 6) is 0. The summed E-state index contributed by atoms with van der Waals surface area (Å²) in [7, 11) is 0. The van der Waals surface area contributed by atoms with Crippen molar-refractivity contribution in [2.24, 2.45) is 0 Å². The summed E-state index contributed by atoms with van der Waals surface area (Å²) >= 11 is 9.20. The fourth-order valence-corrected chi connectivity index (χ4v) is 11.5. The van der Waals surface area contributed by atoms with Gasteiger partial charge in [0.25, 0.3) is 0 Å². The topological polar surface area (TPSA) is 0 Å². The van der Waals surface area contributed by atoms with Crippen molar-refractivity contribution in [2.75, 3.05) is 0 Å². The molecule has 210 valence electrons. The molecule has 0 atom stereocenters. The second kappa shape index (κ2) is 9.23. The first-order valence-electron chi connectivity index (χ1n) is 14.9. The average molecular weight is 661 g/mol. The van der Waals surface area contributed by atoms with Crippen LogP contribution in [0.1, 0.15) is 0 Å². The van der Waals surface area contributed by atoms with Gasteiger partial charge in [0.2, 0.25) is 0 Å². The van der Waals surface area contributed by atoms with E-state index in [1.54, 1.807) is 0 Å². The SMILES string of the molecule is c1csc(-c2cc3c(-c4cccs4)cc4c(-c5cccs5)cc5c(-c6cccs6)cc6c(-c7cccs7)cc2c2c6c5c4c32)c1. The quantitative estimate of drug-likeness (QED) is 0.161. The highest BCUT2D eigenvalue weighted by Crippen LogP contribution is 2.58. The molecule has 11 aromatic rings. The van der Waals surface area contributed by atoms with Crippen molar-refractivity contribution in [1.29, 1.82) is 0 Å². The summed E-state index contributed by atoms with van der Waals surface area (Å²) in [6.07, 6.45) is 0. The summed E-state index contributed by atoms with van der Waals surface area (Å²) in [5, 5.41) is 25.0. The van der Waals surface area contributed by atoms with Crippen LogP contribution >= 0.6 is 56.7 Å². The maximum atomic E-state index is 2.51. The lowest BCUT2D eigenvalue weighted by Crippen LogP contribution is -1.87. The van der Waals surface area contributed by atoms with E-state index < -0.39 is 0 Å². The highest BCUT2D eigenvalue weighted by Gasteiger charge is 2.29. The van der Waals surface area contributed by atoms with Gasteiger partial charge in [-0.3, -0.25) is 0 Å². The molecule has 0 fully saturated rings. The zero-order valence-electron chi connectivity index (χ0n) is 23.6. The molecule has 0 aliphatic carbocycles. The van der Waals surface area contributed by atoms with Gasteiger partial charge in [0.05, 0.1) is 0 Å². The van der Waals surface area contributed by atoms with Crippen LogP contribution in [0.3, 0.4) is 0 Å². The third-order valence-electron chi connectivity index (χ3n) is 9.42. The van der Waals surface area contributed by atoms with Crippen LogP contribution in [-0.4, -0.2) is 0 Å². The van der Waals surface area contributed by atoms with E-state index in [1.165, 1.54) is 106 Å². The summed E-state index contributed by atoms with van der Waals surface area (Å²) in [4.78, 5) is 6.63.